The topological polar surface area (TPSA) is 38.9 Å². The third-order valence-electron chi connectivity index (χ3n) is 10.8. The Bertz CT molecular complexity index is 2520. The van der Waals surface area contributed by atoms with Crippen LogP contribution in [0.1, 0.15) is 38.8 Å². The van der Waals surface area contributed by atoms with Crippen molar-refractivity contribution in [2.24, 2.45) is 0 Å². The van der Waals surface area contributed by atoms with Gasteiger partial charge < -0.3 is 4.42 Å². The average Bonchev–Trinajstić information content (AvgIpc) is 3.48. The van der Waals surface area contributed by atoms with Gasteiger partial charge in [0.2, 0.25) is 0 Å². The van der Waals surface area contributed by atoms with Gasteiger partial charge in [0.05, 0.1) is 22.4 Å². The Morgan fingerprint density at radius 2 is 0.936 bits per heavy atom. The highest BCUT2D eigenvalue weighted by Gasteiger charge is 2.46. The largest absolute Gasteiger partial charge is 0.456 e. The summed E-state index contributed by atoms with van der Waals surface area (Å²) >= 11 is 0. The summed E-state index contributed by atoms with van der Waals surface area (Å²) in [6.45, 7) is 9.52. The zero-order chi connectivity index (χ0) is 31.9. The van der Waals surface area contributed by atoms with Gasteiger partial charge in [0.25, 0.3) is 0 Å². The van der Waals surface area contributed by atoms with Gasteiger partial charge in [-0.25, -0.2) is 9.97 Å². The number of fused-ring (bicyclic) bond motifs is 7. The molecule has 0 unspecified atom stereocenters. The van der Waals surface area contributed by atoms with E-state index >= 15 is 0 Å². The number of aromatic nitrogens is 2. The fraction of sp³-hybridized carbons (Fsp3) is 0.136. The van der Waals surface area contributed by atoms with E-state index in [-0.39, 0.29) is 10.8 Å². The Balaban J connectivity index is 1.28. The van der Waals surface area contributed by atoms with Gasteiger partial charge in [-0.15, -0.1) is 0 Å². The van der Waals surface area contributed by atoms with Crippen LogP contribution in [0.3, 0.4) is 0 Å². The highest BCUT2D eigenvalue weighted by atomic mass is 16.3. The molecule has 226 valence electrons. The third-order valence-corrected chi connectivity index (χ3v) is 10.8. The predicted octanol–water partition coefficient (Wildman–Crippen LogP) is 11.8. The normalized spacial score (nSPS) is 14.7. The molecular formula is C44H34N2O. The molecule has 0 spiro atoms. The van der Waals surface area contributed by atoms with Crippen LogP contribution in [0.25, 0.3) is 77.7 Å². The lowest BCUT2D eigenvalue weighted by molar-refractivity contribution is 0.299. The summed E-state index contributed by atoms with van der Waals surface area (Å²) in [4.78, 5) is 10.5. The number of nitrogens with zero attached hydrogens (tertiary/aromatic N) is 2. The number of furan rings is 1. The zero-order valence-electron chi connectivity index (χ0n) is 27.0. The Labute approximate surface area is 274 Å². The summed E-state index contributed by atoms with van der Waals surface area (Å²) in [7, 11) is 0. The van der Waals surface area contributed by atoms with Gasteiger partial charge in [0.1, 0.15) is 11.2 Å². The minimum atomic E-state index is -0.0909. The van der Waals surface area contributed by atoms with Crippen molar-refractivity contribution >= 4 is 33.0 Å². The van der Waals surface area contributed by atoms with E-state index in [1.807, 2.05) is 36.4 Å². The summed E-state index contributed by atoms with van der Waals surface area (Å²) in [6, 6.07) is 47.3. The molecule has 1 aliphatic rings. The molecule has 3 heteroatoms. The molecule has 0 aliphatic heterocycles. The smallest absolute Gasteiger partial charge is 0.136 e. The van der Waals surface area contributed by atoms with Crippen molar-refractivity contribution in [1.82, 2.24) is 9.97 Å². The summed E-state index contributed by atoms with van der Waals surface area (Å²) in [5.41, 5.74) is 14.8. The molecule has 6 aromatic carbocycles. The molecule has 0 fully saturated rings. The Hall–Kier alpha value is -5.54. The molecule has 0 bridgehead atoms. The van der Waals surface area contributed by atoms with Crippen molar-refractivity contribution in [2.45, 2.75) is 38.5 Å². The number of hydrogen-bond donors (Lipinski definition) is 0. The van der Waals surface area contributed by atoms with Gasteiger partial charge in [-0.05, 0) is 86.7 Å². The molecule has 8 aromatic rings. The second-order valence-corrected chi connectivity index (χ2v) is 13.9. The first-order valence-corrected chi connectivity index (χ1v) is 16.3. The third kappa shape index (κ3) is 4.12. The maximum Gasteiger partial charge on any atom is 0.136 e. The molecule has 2 heterocycles. The lowest BCUT2D eigenvalue weighted by Gasteiger charge is -2.48. The fourth-order valence-corrected chi connectivity index (χ4v) is 7.53. The first-order valence-electron chi connectivity index (χ1n) is 16.3. The standard InChI is InChI=1S/C44H34N2O/c1-43(2)35-22-19-28(27-12-6-5-7-13-27)24-33(35)34-25-29(20-23-36(34)44(43,3)4)41-42(46-38-16-10-9-15-37(38)45-41)30-18-21-32-31-14-8-11-17-39(31)47-40(32)26-30/h5-26H,1-4H3. The van der Waals surface area contributed by atoms with Gasteiger partial charge in [0.15, 0.2) is 0 Å². The lowest BCUT2D eigenvalue weighted by atomic mass is 9.55. The van der Waals surface area contributed by atoms with Crippen molar-refractivity contribution in [1.29, 1.82) is 0 Å². The van der Waals surface area contributed by atoms with Crippen molar-refractivity contribution in [3.63, 3.8) is 0 Å². The Morgan fingerprint density at radius 1 is 0.426 bits per heavy atom. The maximum absolute atomic E-state index is 6.30. The van der Waals surface area contributed by atoms with Crippen LogP contribution in [-0.2, 0) is 10.8 Å². The van der Waals surface area contributed by atoms with Gasteiger partial charge in [0, 0.05) is 21.9 Å². The van der Waals surface area contributed by atoms with E-state index in [1.165, 1.54) is 33.4 Å². The van der Waals surface area contributed by atoms with Crippen LogP contribution in [0, 0.1) is 0 Å². The van der Waals surface area contributed by atoms with Gasteiger partial charge in [-0.3, -0.25) is 0 Å². The molecule has 0 saturated heterocycles. The maximum atomic E-state index is 6.30. The van der Waals surface area contributed by atoms with Gasteiger partial charge in [-0.2, -0.15) is 0 Å². The van der Waals surface area contributed by atoms with Gasteiger partial charge >= 0.3 is 0 Å². The van der Waals surface area contributed by atoms with Crippen molar-refractivity contribution in [3.05, 3.63) is 145 Å². The van der Waals surface area contributed by atoms with Crippen LogP contribution >= 0.6 is 0 Å². The minimum Gasteiger partial charge on any atom is -0.456 e. The SMILES string of the molecule is CC1(C)c2ccc(-c3ccccc3)cc2-c2cc(-c3nc4ccccc4nc3-c3ccc4c(c3)oc3ccccc34)ccc2C1(C)C. The summed E-state index contributed by atoms with van der Waals surface area (Å²) in [6.07, 6.45) is 0. The van der Waals surface area contributed by atoms with Gasteiger partial charge in [-0.1, -0.05) is 119 Å². The summed E-state index contributed by atoms with van der Waals surface area (Å²) in [5.74, 6) is 0. The molecule has 0 saturated carbocycles. The van der Waals surface area contributed by atoms with Crippen LogP contribution in [0.5, 0.6) is 0 Å². The summed E-state index contributed by atoms with van der Waals surface area (Å²) < 4.78 is 6.30. The van der Waals surface area contributed by atoms with Crippen LogP contribution in [-0.4, -0.2) is 9.97 Å². The van der Waals surface area contributed by atoms with E-state index in [0.29, 0.717) is 0 Å². The van der Waals surface area contributed by atoms with Crippen molar-refractivity contribution in [3.8, 4) is 44.8 Å². The van der Waals surface area contributed by atoms with Crippen molar-refractivity contribution < 1.29 is 4.42 Å². The number of benzene rings is 6. The highest BCUT2D eigenvalue weighted by molar-refractivity contribution is 6.06. The Morgan fingerprint density at radius 3 is 1.62 bits per heavy atom. The van der Waals surface area contributed by atoms with Crippen LogP contribution < -0.4 is 0 Å². The quantitative estimate of drug-likeness (QED) is 0.201. The molecule has 2 aromatic heterocycles. The van der Waals surface area contributed by atoms with Crippen LogP contribution in [0.4, 0.5) is 0 Å². The highest BCUT2D eigenvalue weighted by Crippen LogP contribution is 2.55. The van der Waals surface area contributed by atoms with E-state index in [9.17, 15) is 0 Å². The molecule has 3 nitrogen and oxygen atoms in total. The monoisotopic (exact) mass is 606 g/mol. The molecule has 1 aliphatic carbocycles. The first-order chi connectivity index (χ1) is 22.8. The second-order valence-electron chi connectivity index (χ2n) is 13.9. The van der Waals surface area contributed by atoms with Crippen LogP contribution in [0.2, 0.25) is 0 Å². The number of hydrogen-bond acceptors (Lipinski definition) is 3. The zero-order valence-corrected chi connectivity index (χ0v) is 27.0. The second kappa shape index (κ2) is 9.98. The first kappa shape index (κ1) is 27.7. The summed E-state index contributed by atoms with van der Waals surface area (Å²) in [5, 5.41) is 2.22. The molecule has 9 rings (SSSR count). The van der Waals surface area contributed by atoms with E-state index in [1.54, 1.807) is 0 Å². The Kier molecular flexibility index (Phi) is 5.89. The minimum absolute atomic E-state index is 0.0675. The number of para-hydroxylation sites is 3. The number of rotatable bonds is 3. The molecule has 0 atom stereocenters. The molecular weight excluding hydrogens is 572 g/mol. The fourth-order valence-electron chi connectivity index (χ4n) is 7.53. The van der Waals surface area contributed by atoms with E-state index in [0.717, 1.165) is 55.5 Å². The van der Waals surface area contributed by atoms with E-state index < -0.39 is 0 Å². The lowest BCUT2D eigenvalue weighted by Crippen LogP contribution is -2.43. The molecule has 0 radical (unpaired) electrons. The average molecular weight is 607 g/mol. The molecule has 47 heavy (non-hydrogen) atoms. The predicted molar refractivity (Wildman–Crippen MR) is 195 cm³/mol. The van der Waals surface area contributed by atoms with Crippen LogP contribution in [0.15, 0.2) is 138 Å². The molecule has 0 N–H and O–H groups in total. The van der Waals surface area contributed by atoms with E-state index in [2.05, 4.69) is 125 Å². The van der Waals surface area contributed by atoms with Crippen molar-refractivity contribution in [2.75, 3.05) is 0 Å². The van der Waals surface area contributed by atoms with E-state index in [4.69, 9.17) is 14.4 Å². The molecule has 0 amide bonds.